The Morgan fingerprint density at radius 3 is 2.33 bits per heavy atom. The van der Waals surface area contributed by atoms with Crippen molar-refractivity contribution in [3.05, 3.63) is 10.1 Å². The van der Waals surface area contributed by atoms with E-state index in [1.54, 1.807) is 6.92 Å². The van der Waals surface area contributed by atoms with Crippen molar-refractivity contribution in [1.82, 2.24) is 0 Å². The Morgan fingerprint density at radius 1 is 1.50 bits per heavy atom. The summed E-state index contributed by atoms with van der Waals surface area (Å²) in [6.07, 6.45) is -0.0314. The van der Waals surface area contributed by atoms with Crippen molar-refractivity contribution >= 4 is 11.6 Å². The quantitative estimate of drug-likeness (QED) is 0.343. The van der Waals surface area contributed by atoms with Gasteiger partial charge >= 0.3 is 0 Å². The van der Waals surface area contributed by atoms with Gasteiger partial charge in [-0.15, -0.1) is 0 Å². The van der Waals surface area contributed by atoms with E-state index in [1.165, 1.54) is 6.92 Å². The van der Waals surface area contributed by atoms with E-state index in [2.05, 4.69) is 0 Å². The molecule has 0 radical (unpaired) electrons. The second kappa shape index (κ2) is 4.58. The zero-order valence-corrected chi connectivity index (χ0v) is 7.07. The van der Waals surface area contributed by atoms with Crippen LogP contribution in [0.4, 0.5) is 0 Å². The van der Waals surface area contributed by atoms with Gasteiger partial charge in [-0.3, -0.25) is 19.7 Å². The molecule has 0 spiro atoms. The summed E-state index contributed by atoms with van der Waals surface area (Å²) in [6, 6.07) is 0. The molecule has 5 nitrogen and oxygen atoms in total. The molecule has 0 aromatic carbocycles. The van der Waals surface area contributed by atoms with Crippen molar-refractivity contribution < 1.29 is 14.5 Å². The Hall–Kier alpha value is -1.26. The van der Waals surface area contributed by atoms with Crippen molar-refractivity contribution in [2.75, 3.05) is 6.54 Å². The minimum atomic E-state index is -0.538. The molecule has 0 N–H and O–H groups in total. The number of ketones is 2. The van der Waals surface area contributed by atoms with Gasteiger partial charge in [-0.05, 0) is 0 Å². The van der Waals surface area contributed by atoms with E-state index >= 15 is 0 Å². The van der Waals surface area contributed by atoms with Crippen molar-refractivity contribution in [3.8, 4) is 0 Å². The van der Waals surface area contributed by atoms with E-state index in [0.29, 0.717) is 0 Å². The lowest BCUT2D eigenvalue weighted by molar-refractivity contribution is -0.487. The van der Waals surface area contributed by atoms with Gasteiger partial charge in [0.1, 0.15) is 0 Å². The zero-order chi connectivity index (χ0) is 9.72. The van der Waals surface area contributed by atoms with Gasteiger partial charge < -0.3 is 0 Å². The third-order valence-electron chi connectivity index (χ3n) is 1.39. The van der Waals surface area contributed by atoms with E-state index in [1.807, 2.05) is 0 Å². The summed E-state index contributed by atoms with van der Waals surface area (Å²) >= 11 is 0. The van der Waals surface area contributed by atoms with Gasteiger partial charge in [0, 0.05) is 24.2 Å². The number of Topliss-reactive ketones (excluding diaryl/α,β-unsaturated/α-hetero) is 2. The zero-order valence-electron chi connectivity index (χ0n) is 7.07. The molecule has 0 aromatic rings. The average Bonchev–Trinajstić information content (AvgIpc) is 1.84. The molecule has 1 atom stereocenters. The molecule has 0 aromatic heterocycles. The molecule has 0 aliphatic carbocycles. The van der Waals surface area contributed by atoms with Gasteiger partial charge in [0.25, 0.3) is 0 Å². The molecule has 0 aliphatic rings. The standard InChI is InChI=1S/C7H11NO4/c1-5(4-8(11)12)3-7(10)6(2)9/h5H,3-4H2,1-2H3. The summed E-state index contributed by atoms with van der Waals surface area (Å²) in [5, 5.41) is 9.97. The Balaban J connectivity index is 3.84. The first-order valence-electron chi connectivity index (χ1n) is 3.59. The molecule has 0 rings (SSSR count). The first-order chi connectivity index (χ1) is 5.43. The molecule has 1 unspecified atom stereocenters. The van der Waals surface area contributed by atoms with Crippen molar-refractivity contribution in [2.24, 2.45) is 5.92 Å². The number of nitrogens with zero attached hydrogens (tertiary/aromatic N) is 1. The highest BCUT2D eigenvalue weighted by Crippen LogP contribution is 2.02. The smallest absolute Gasteiger partial charge is 0.206 e. The minimum Gasteiger partial charge on any atom is -0.291 e. The summed E-state index contributed by atoms with van der Waals surface area (Å²) in [5.41, 5.74) is 0. The van der Waals surface area contributed by atoms with Gasteiger partial charge in [-0.1, -0.05) is 6.92 Å². The fourth-order valence-electron chi connectivity index (χ4n) is 0.779. The molecular formula is C7H11NO4. The largest absolute Gasteiger partial charge is 0.291 e. The maximum atomic E-state index is 10.8. The van der Waals surface area contributed by atoms with Gasteiger partial charge in [0.05, 0.1) is 0 Å². The summed E-state index contributed by atoms with van der Waals surface area (Å²) in [7, 11) is 0. The molecule has 0 aliphatic heterocycles. The van der Waals surface area contributed by atoms with Crippen molar-refractivity contribution in [2.45, 2.75) is 20.3 Å². The average molecular weight is 173 g/mol. The normalized spacial score (nSPS) is 12.2. The molecule has 0 amide bonds. The SMILES string of the molecule is CC(=O)C(=O)CC(C)C[N+](=O)[O-]. The Morgan fingerprint density at radius 2 is 2.00 bits per heavy atom. The molecule has 0 saturated carbocycles. The van der Waals surface area contributed by atoms with E-state index in [0.717, 1.165) is 0 Å². The molecule has 0 saturated heterocycles. The predicted octanol–water partition coefficient (Wildman–Crippen LogP) is 0.447. The number of carbonyl (C=O) groups excluding carboxylic acids is 2. The molecule has 12 heavy (non-hydrogen) atoms. The highest BCUT2D eigenvalue weighted by Gasteiger charge is 2.16. The van der Waals surface area contributed by atoms with Crippen LogP contribution in [-0.4, -0.2) is 23.0 Å². The number of hydrogen-bond donors (Lipinski definition) is 0. The highest BCUT2D eigenvalue weighted by atomic mass is 16.6. The molecular weight excluding hydrogens is 162 g/mol. The molecule has 68 valence electrons. The van der Waals surface area contributed by atoms with Crippen LogP contribution >= 0.6 is 0 Å². The molecule has 0 bridgehead atoms. The van der Waals surface area contributed by atoms with Crippen LogP contribution in [0.15, 0.2) is 0 Å². The summed E-state index contributed by atoms with van der Waals surface area (Å²) in [5.74, 6) is -1.44. The van der Waals surface area contributed by atoms with Gasteiger partial charge in [-0.2, -0.15) is 0 Å². The van der Waals surface area contributed by atoms with E-state index < -0.39 is 16.5 Å². The van der Waals surface area contributed by atoms with E-state index in [-0.39, 0.29) is 18.9 Å². The number of hydrogen-bond acceptors (Lipinski definition) is 4. The van der Waals surface area contributed by atoms with Crippen LogP contribution in [0.25, 0.3) is 0 Å². The Bertz CT molecular complexity index is 211. The summed E-state index contributed by atoms with van der Waals surface area (Å²) in [4.78, 5) is 30.7. The lowest BCUT2D eigenvalue weighted by Crippen LogP contribution is -2.18. The van der Waals surface area contributed by atoms with Crippen LogP contribution in [0.3, 0.4) is 0 Å². The molecule has 0 fully saturated rings. The fourth-order valence-corrected chi connectivity index (χ4v) is 0.779. The highest BCUT2D eigenvalue weighted by molar-refractivity contribution is 6.36. The van der Waals surface area contributed by atoms with Crippen molar-refractivity contribution in [1.29, 1.82) is 0 Å². The minimum absolute atomic E-state index is 0.0314. The Labute approximate surface area is 69.9 Å². The first-order valence-corrected chi connectivity index (χ1v) is 3.59. The number of nitro groups is 1. The van der Waals surface area contributed by atoms with Crippen LogP contribution in [0, 0.1) is 16.0 Å². The van der Waals surface area contributed by atoms with Gasteiger partial charge in [0.2, 0.25) is 6.54 Å². The Kier molecular flexibility index (Phi) is 4.10. The maximum Gasteiger partial charge on any atom is 0.206 e. The lowest BCUT2D eigenvalue weighted by Gasteiger charge is -2.02. The second-order valence-corrected chi connectivity index (χ2v) is 2.80. The number of carbonyl (C=O) groups is 2. The van der Waals surface area contributed by atoms with Crippen LogP contribution < -0.4 is 0 Å². The van der Waals surface area contributed by atoms with Crippen molar-refractivity contribution in [3.63, 3.8) is 0 Å². The molecule has 0 heterocycles. The number of rotatable bonds is 5. The second-order valence-electron chi connectivity index (χ2n) is 2.80. The van der Waals surface area contributed by atoms with Crippen LogP contribution in [0.5, 0.6) is 0 Å². The lowest BCUT2D eigenvalue weighted by atomic mass is 10.0. The van der Waals surface area contributed by atoms with E-state index in [9.17, 15) is 19.7 Å². The fraction of sp³-hybridized carbons (Fsp3) is 0.714. The predicted molar refractivity (Wildman–Crippen MR) is 41.3 cm³/mol. The topological polar surface area (TPSA) is 77.3 Å². The van der Waals surface area contributed by atoms with E-state index in [4.69, 9.17) is 0 Å². The molecule has 5 heteroatoms. The van der Waals surface area contributed by atoms with Crippen LogP contribution in [0.1, 0.15) is 20.3 Å². The summed E-state index contributed by atoms with van der Waals surface area (Å²) < 4.78 is 0. The third kappa shape index (κ3) is 4.54. The van der Waals surface area contributed by atoms with Gasteiger partial charge in [-0.25, -0.2) is 0 Å². The maximum absolute atomic E-state index is 10.8. The summed E-state index contributed by atoms with van der Waals surface area (Å²) in [6.45, 7) is 2.48. The van der Waals surface area contributed by atoms with Gasteiger partial charge in [0.15, 0.2) is 11.6 Å². The van der Waals surface area contributed by atoms with Crippen LogP contribution in [0.2, 0.25) is 0 Å². The van der Waals surface area contributed by atoms with Crippen LogP contribution in [-0.2, 0) is 9.59 Å². The third-order valence-corrected chi connectivity index (χ3v) is 1.39. The monoisotopic (exact) mass is 173 g/mol. The first kappa shape index (κ1) is 10.7.